The Labute approximate surface area is 73.6 Å². The molecule has 0 bridgehead atoms. The molecule has 1 aromatic rings. The van der Waals surface area contributed by atoms with Gasteiger partial charge < -0.3 is 10.2 Å². The van der Waals surface area contributed by atoms with Gasteiger partial charge in [-0.15, -0.1) is 4.91 Å². The zero-order chi connectivity index (χ0) is 10.0. The summed E-state index contributed by atoms with van der Waals surface area (Å²) < 4.78 is 0. The van der Waals surface area contributed by atoms with Gasteiger partial charge in [0, 0.05) is 0 Å². The maximum atomic E-state index is 10.5. The van der Waals surface area contributed by atoms with Crippen LogP contribution in [0.4, 0.5) is 5.69 Å². The lowest BCUT2D eigenvalue weighted by atomic mass is 10.1. The van der Waals surface area contributed by atoms with Gasteiger partial charge in [0.25, 0.3) is 0 Å². The maximum absolute atomic E-state index is 10.5. The first-order valence-corrected chi connectivity index (χ1v) is 3.46. The highest BCUT2D eigenvalue weighted by Crippen LogP contribution is 2.27. The molecule has 0 saturated heterocycles. The van der Waals surface area contributed by atoms with Crippen molar-refractivity contribution < 1.29 is 15.0 Å². The van der Waals surface area contributed by atoms with Crippen LogP contribution in [0.15, 0.2) is 17.3 Å². The van der Waals surface area contributed by atoms with Crippen molar-refractivity contribution in [1.82, 2.24) is 0 Å². The number of nitroso groups, excluding NO2 is 1. The minimum Gasteiger partial charge on any atom is -0.507 e. The molecule has 0 aliphatic heterocycles. The van der Waals surface area contributed by atoms with Gasteiger partial charge in [0.05, 0.1) is 0 Å². The van der Waals surface area contributed by atoms with Crippen LogP contribution < -0.4 is 0 Å². The van der Waals surface area contributed by atoms with Gasteiger partial charge in [-0.2, -0.15) is 0 Å². The molecule has 68 valence electrons. The lowest BCUT2D eigenvalue weighted by molar-refractivity contribution is 0.0693. The summed E-state index contributed by atoms with van der Waals surface area (Å²) in [4.78, 5) is 20.7. The summed E-state index contributed by atoms with van der Waals surface area (Å²) in [6.45, 7) is 1.50. The molecule has 1 rings (SSSR count). The zero-order valence-corrected chi connectivity index (χ0v) is 6.81. The summed E-state index contributed by atoms with van der Waals surface area (Å²) in [5.41, 5.74) is -0.00296. The van der Waals surface area contributed by atoms with E-state index >= 15 is 0 Å². The minimum absolute atomic E-state index is 0.00676. The molecule has 0 atom stereocenters. The summed E-state index contributed by atoms with van der Waals surface area (Å²) >= 11 is 0. The van der Waals surface area contributed by atoms with Crippen LogP contribution in [0.1, 0.15) is 15.9 Å². The summed E-state index contributed by atoms with van der Waals surface area (Å²) in [5.74, 6) is -1.62. The summed E-state index contributed by atoms with van der Waals surface area (Å²) in [5, 5.41) is 20.5. The monoisotopic (exact) mass is 181 g/mol. The number of carboxylic acids is 1. The Kier molecular flexibility index (Phi) is 2.27. The molecule has 2 N–H and O–H groups in total. The van der Waals surface area contributed by atoms with E-state index in [0.717, 1.165) is 6.07 Å². The van der Waals surface area contributed by atoms with E-state index in [-0.39, 0.29) is 17.0 Å². The molecular formula is C8H7NO4. The second kappa shape index (κ2) is 3.22. The van der Waals surface area contributed by atoms with Crippen molar-refractivity contribution in [1.29, 1.82) is 0 Å². The molecule has 1 aromatic carbocycles. The highest BCUT2D eigenvalue weighted by molar-refractivity contribution is 5.92. The molecule has 0 saturated carbocycles. The second-order valence-corrected chi connectivity index (χ2v) is 2.56. The van der Waals surface area contributed by atoms with Crippen molar-refractivity contribution in [2.24, 2.45) is 5.18 Å². The van der Waals surface area contributed by atoms with E-state index in [0.29, 0.717) is 5.56 Å². The summed E-state index contributed by atoms with van der Waals surface area (Å²) in [7, 11) is 0. The third kappa shape index (κ3) is 1.64. The normalized spacial score (nSPS) is 9.62. The van der Waals surface area contributed by atoms with Gasteiger partial charge in [-0.05, 0) is 29.8 Å². The van der Waals surface area contributed by atoms with Crippen LogP contribution >= 0.6 is 0 Å². The van der Waals surface area contributed by atoms with Gasteiger partial charge >= 0.3 is 5.97 Å². The van der Waals surface area contributed by atoms with Gasteiger partial charge in [-0.1, -0.05) is 0 Å². The molecule has 13 heavy (non-hydrogen) atoms. The number of aromatic hydroxyl groups is 1. The van der Waals surface area contributed by atoms with Crippen LogP contribution in [-0.4, -0.2) is 16.2 Å². The van der Waals surface area contributed by atoms with Gasteiger partial charge in [-0.3, -0.25) is 0 Å². The van der Waals surface area contributed by atoms with Crippen molar-refractivity contribution in [2.45, 2.75) is 6.92 Å². The fourth-order valence-electron chi connectivity index (χ4n) is 0.976. The zero-order valence-electron chi connectivity index (χ0n) is 6.81. The van der Waals surface area contributed by atoms with E-state index in [1.54, 1.807) is 0 Å². The fraction of sp³-hybridized carbons (Fsp3) is 0.125. The third-order valence-electron chi connectivity index (χ3n) is 1.62. The van der Waals surface area contributed by atoms with E-state index in [2.05, 4.69) is 5.18 Å². The molecule has 0 fully saturated rings. The second-order valence-electron chi connectivity index (χ2n) is 2.56. The smallest absolute Gasteiger partial charge is 0.339 e. The molecule has 0 unspecified atom stereocenters. The van der Waals surface area contributed by atoms with Crippen LogP contribution in [0.25, 0.3) is 0 Å². The van der Waals surface area contributed by atoms with Crippen molar-refractivity contribution in [3.05, 3.63) is 28.2 Å². The van der Waals surface area contributed by atoms with E-state index in [9.17, 15) is 14.8 Å². The van der Waals surface area contributed by atoms with Crippen molar-refractivity contribution in [3.63, 3.8) is 0 Å². The number of benzene rings is 1. The Morgan fingerprint density at radius 1 is 1.46 bits per heavy atom. The number of aryl methyl sites for hydroxylation is 1. The van der Waals surface area contributed by atoms with Crippen LogP contribution in [0.5, 0.6) is 5.75 Å². The number of carbonyl (C=O) groups is 1. The summed E-state index contributed by atoms with van der Waals surface area (Å²) in [6.07, 6.45) is 0. The molecule has 0 aromatic heterocycles. The predicted octanol–water partition coefficient (Wildman–Crippen LogP) is 1.80. The Morgan fingerprint density at radius 2 is 2.08 bits per heavy atom. The molecule has 0 amide bonds. The SMILES string of the molecule is Cc1cc(N=O)cc(C(=O)O)c1O. The fourth-order valence-corrected chi connectivity index (χ4v) is 0.976. The lowest BCUT2D eigenvalue weighted by Crippen LogP contribution is -1.97. The van der Waals surface area contributed by atoms with E-state index in [4.69, 9.17) is 5.11 Å². The maximum Gasteiger partial charge on any atom is 0.339 e. The van der Waals surface area contributed by atoms with Crippen LogP contribution in [0.2, 0.25) is 0 Å². The number of aromatic carboxylic acids is 1. The molecule has 5 heteroatoms. The van der Waals surface area contributed by atoms with Crippen LogP contribution in [-0.2, 0) is 0 Å². The van der Waals surface area contributed by atoms with Gasteiger partial charge in [0.15, 0.2) is 0 Å². The number of hydrogen-bond acceptors (Lipinski definition) is 4. The number of carboxylic acid groups (broad SMARTS) is 1. The number of nitrogens with zero attached hydrogens (tertiary/aromatic N) is 1. The Balaban J connectivity index is 3.41. The van der Waals surface area contributed by atoms with Crippen LogP contribution in [0, 0.1) is 11.8 Å². The molecular weight excluding hydrogens is 174 g/mol. The van der Waals surface area contributed by atoms with Crippen molar-refractivity contribution in [2.75, 3.05) is 0 Å². The first-order valence-electron chi connectivity index (χ1n) is 3.46. The first kappa shape index (κ1) is 9.18. The molecule has 5 nitrogen and oxygen atoms in total. The molecule has 0 spiro atoms. The minimum atomic E-state index is -1.29. The van der Waals surface area contributed by atoms with Gasteiger partial charge in [0.1, 0.15) is 17.0 Å². The quantitative estimate of drug-likeness (QED) is 0.681. The average molecular weight is 181 g/mol. The standard InChI is InChI=1S/C8H7NO4/c1-4-2-5(9-13)3-6(7(4)10)8(11)12/h2-3,10H,1H3,(H,11,12). The molecule has 0 aliphatic carbocycles. The van der Waals surface area contributed by atoms with Crippen LogP contribution in [0.3, 0.4) is 0 Å². The Bertz CT molecular complexity index is 373. The summed E-state index contributed by atoms with van der Waals surface area (Å²) in [6, 6.07) is 2.34. The Hall–Kier alpha value is -1.91. The van der Waals surface area contributed by atoms with E-state index in [1.165, 1.54) is 13.0 Å². The largest absolute Gasteiger partial charge is 0.507 e. The van der Waals surface area contributed by atoms with E-state index < -0.39 is 5.97 Å². The average Bonchev–Trinajstić information content (AvgIpc) is 2.09. The lowest BCUT2D eigenvalue weighted by Gasteiger charge is -2.02. The van der Waals surface area contributed by atoms with Crippen molar-refractivity contribution in [3.8, 4) is 5.75 Å². The predicted molar refractivity (Wildman–Crippen MR) is 45.3 cm³/mol. The molecule has 0 heterocycles. The molecule has 0 radical (unpaired) electrons. The number of phenols is 1. The highest BCUT2D eigenvalue weighted by atomic mass is 16.4. The first-order chi connectivity index (χ1) is 6.06. The Morgan fingerprint density at radius 3 is 2.54 bits per heavy atom. The topological polar surface area (TPSA) is 87.0 Å². The van der Waals surface area contributed by atoms with Crippen molar-refractivity contribution >= 4 is 11.7 Å². The van der Waals surface area contributed by atoms with Gasteiger partial charge in [0.2, 0.25) is 0 Å². The third-order valence-corrected chi connectivity index (χ3v) is 1.62. The van der Waals surface area contributed by atoms with Gasteiger partial charge in [-0.25, -0.2) is 4.79 Å². The highest BCUT2D eigenvalue weighted by Gasteiger charge is 2.13. The van der Waals surface area contributed by atoms with E-state index in [1.807, 2.05) is 0 Å². The number of hydrogen-bond donors (Lipinski definition) is 2. The molecule has 0 aliphatic rings. The number of rotatable bonds is 2.